The molecule has 0 radical (unpaired) electrons. The minimum Gasteiger partial charge on any atom is -0.378 e. The van der Waals surface area contributed by atoms with E-state index in [1.165, 1.54) is 0 Å². The number of thiophene rings is 1. The lowest BCUT2D eigenvalue weighted by Crippen LogP contribution is -2.41. The molecule has 0 aliphatic carbocycles. The van der Waals surface area contributed by atoms with Crippen molar-refractivity contribution in [1.29, 1.82) is 0 Å². The highest BCUT2D eigenvalue weighted by molar-refractivity contribution is 7.13. The van der Waals surface area contributed by atoms with Crippen LogP contribution in [0.25, 0.3) is 5.00 Å². The maximum absolute atomic E-state index is 12.9. The second-order valence-corrected chi connectivity index (χ2v) is 8.31. The number of morpholine rings is 1. The average molecular weight is 424 g/mol. The van der Waals surface area contributed by atoms with Gasteiger partial charge in [0.15, 0.2) is 0 Å². The number of nitrogens with one attached hydrogen (secondary N) is 1. The number of hydrogen-bond donors (Lipinski definition) is 1. The van der Waals surface area contributed by atoms with Crippen LogP contribution in [0.5, 0.6) is 0 Å². The van der Waals surface area contributed by atoms with E-state index >= 15 is 0 Å². The Morgan fingerprint density at radius 3 is 2.33 bits per heavy atom. The van der Waals surface area contributed by atoms with Crippen LogP contribution in [0.15, 0.2) is 47.8 Å². The molecule has 6 nitrogen and oxygen atoms in total. The lowest BCUT2D eigenvalue weighted by molar-refractivity contribution is -0.134. The molecule has 0 unspecified atom stereocenters. The van der Waals surface area contributed by atoms with Crippen LogP contribution in [-0.4, -0.2) is 47.6 Å². The lowest BCUT2D eigenvalue weighted by atomic mass is 10.1. The number of aryl methyl sites for hydroxylation is 2. The fourth-order valence-corrected chi connectivity index (χ4v) is 4.65. The van der Waals surface area contributed by atoms with Crippen LogP contribution in [0.1, 0.15) is 27.3 Å². The van der Waals surface area contributed by atoms with E-state index in [9.17, 15) is 9.59 Å². The van der Waals surface area contributed by atoms with E-state index in [4.69, 9.17) is 4.74 Å². The van der Waals surface area contributed by atoms with Crippen molar-refractivity contribution in [2.45, 2.75) is 20.3 Å². The largest absolute Gasteiger partial charge is 0.378 e. The van der Waals surface area contributed by atoms with Gasteiger partial charge in [-0.05, 0) is 55.1 Å². The zero-order valence-electron chi connectivity index (χ0n) is 17.2. The third-order valence-corrected chi connectivity index (χ3v) is 6.19. The van der Waals surface area contributed by atoms with Crippen molar-refractivity contribution in [2.75, 3.05) is 31.6 Å². The van der Waals surface area contributed by atoms with Gasteiger partial charge in [0.05, 0.1) is 25.2 Å². The molecule has 1 fully saturated rings. The number of hydrogen-bond acceptors (Lipinski definition) is 4. The first-order chi connectivity index (χ1) is 14.5. The number of anilines is 1. The fraction of sp³-hybridized carbons (Fsp3) is 0.304. The van der Waals surface area contributed by atoms with Crippen LogP contribution in [0, 0.1) is 13.8 Å². The molecule has 30 heavy (non-hydrogen) atoms. The summed E-state index contributed by atoms with van der Waals surface area (Å²) in [5.74, 6) is -0.0358. The van der Waals surface area contributed by atoms with E-state index < -0.39 is 0 Å². The monoisotopic (exact) mass is 423 g/mol. The molecule has 1 aliphatic heterocycles. The van der Waals surface area contributed by atoms with Crippen molar-refractivity contribution >= 4 is 28.8 Å². The van der Waals surface area contributed by atoms with Gasteiger partial charge < -0.3 is 19.5 Å². The minimum absolute atomic E-state index is 0.107. The molecule has 0 saturated carbocycles. The molecule has 0 atom stereocenters. The molecule has 0 spiro atoms. The number of rotatable bonds is 5. The molecule has 1 aromatic carbocycles. The molecule has 156 valence electrons. The van der Waals surface area contributed by atoms with Gasteiger partial charge in [0, 0.05) is 30.2 Å². The Hall–Kier alpha value is -2.90. The van der Waals surface area contributed by atoms with Gasteiger partial charge in [-0.15, -0.1) is 11.3 Å². The Bertz CT molecular complexity index is 1030. The summed E-state index contributed by atoms with van der Waals surface area (Å²) in [5.41, 5.74) is 4.48. The summed E-state index contributed by atoms with van der Waals surface area (Å²) in [7, 11) is 0. The highest BCUT2D eigenvalue weighted by Crippen LogP contribution is 2.26. The Balaban J connectivity index is 1.42. The number of carbonyl (C=O) groups is 2. The van der Waals surface area contributed by atoms with Crippen molar-refractivity contribution in [2.24, 2.45) is 0 Å². The normalized spacial score (nSPS) is 14.0. The van der Waals surface area contributed by atoms with Crippen LogP contribution in [-0.2, 0) is 16.0 Å². The van der Waals surface area contributed by atoms with Crippen molar-refractivity contribution in [1.82, 2.24) is 9.47 Å². The van der Waals surface area contributed by atoms with Gasteiger partial charge in [-0.3, -0.25) is 9.59 Å². The third-order valence-electron chi connectivity index (χ3n) is 5.29. The van der Waals surface area contributed by atoms with Crippen LogP contribution in [0.4, 0.5) is 5.69 Å². The first-order valence-corrected chi connectivity index (χ1v) is 10.9. The van der Waals surface area contributed by atoms with Gasteiger partial charge in [-0.1, -0.05) is 12.1 Å². The Kier molecular flexibility index (Phi) is 6.01. The van der Waals surface area contributed by atoms with Crippen LogP contribution in [0.2, 0.25) is 0 Å². The first kappa shape index (κ1) is 20.4. The van der Waals surface area contributed by atoms with E-state index in [0.29, 0.717) is 44.0 Å². The number of aromatic nitrogens is 1. The van der Waals surface area contributed by atoms with Gasteiger partial charge in [-0.25, -0.2) is 0 Å². The first-order valence-electron chi connectivity index (χ1n) is 10.0. The highest BCUT2D eigenvalue weighted by atomic mass is 32.1. The second kappa shape index (κ2) is 8.85. The van der Waals surface area contributed by atoms with Gasteiger partial charge in [-0.2, -0.15) is 0 Å². The molecular formula is C23H25N3O3S. The summed E-state index contributed by atoms with van der Waals surface area (Å²) in [4.78, 5) is 27.1. The van der Waals surface area contributed by atoms with E-state index in [-0.39, 0.29) is 11.8 Å². The number of ether oxygens (including phenoxy) is 1. The molecule has 7 heteroatoms. The fourth-order valence-electron chi connectivity index (χ4n) is 3.64. The third kappa shape index (κ3) is 4.32. The minimum atomic E-state index is -0.143. The molecule has 4 rings (SSSR count). The number of nitrogens with zero attached hydrogens (tertiary/aromatic N) is 2. The summed E-state index contributed by atoms with van der Waals surface area (Å²) in [6.45, 7) is 6.57. The van der Waals surface area contributed by atoms with Gasteiger partial charge >= 0.3 is 0 Å². The highest BCUT2D eigenvalue weighted by Gasteiger charge is 2.18. The smallest absolute Gasteiger partial charge is 0.258 e. The molecular weight excluding hydrogens is 398 g/mol. The second-order valence-electron chi connectivity index (χ2n) is 7.41. The molecule has 2 aromatic heterocycles. The summed E-state index contributed by atoms with van der Waals surface area (Å²) >= 11 is 1.55. The number of carbonyl (C=O) groups excluding carboxylic acids is 2. The number of amides is 2. The number of benzene rings is 1. The average Bonchev–Trinajstić information content (AvgIpc) is 3.36. The Labute approximate surface area is 180 Å². The van der Waals surface area contributed by atoms with E-state index in [2.05, 4.69) is 9.88 Å². The zero-order chi connectivity index (χ0) is 21.1. The molecule has 1 saturated heterocycles. The van der Waals surface area contributed by atoms with E-state index in [1.54, 1.807) is 11.3 Å². The van der Waals surface area contributed by atoms with Crippen LogP contribution >= 0.6 is 11.3 Å². The molecule has 3 heterocycles. The van der Waals surface area contributed by atoms with E-state index in [0.717, 1.165) is 22.0 Å². The molecule has 1 aliphatic rings. The maximum atomic E-state index is 12.9. The van der Waals surface area contributed by atoms with Gasteiger partial charge in [0.1, 0.15) is 5.00 Å². The predicted octanol–water partition coefficient (Wildman–Crippen LogP) is 3.81. The SMILES string of the molecule is Cc1ccc(C)n1-c1sccc1C(=O)Nc1ccc(CC(=O)N2CCOCC2)cc1. The van der Waals surface area contributed by atoms with E-state index in [1.807, 2.05) is 66.6 Å². The van der Waals surface area contributed by atoms with Crippen LogP contribution < -0.4 is 5.32 Å². The summed E-state index contributed by atoms with van der Waals surface area (Å²) in [5, 5.41) is 5.82. The zero-order valence-corrected chi connectivity index (χ0v) is 18.0. The Morgan fingerprint density at radius 1 is 1.00 bits per heavy atom. The summed E-state index contributed by atoms with van der Waals surface area (Å²) < 4.78 is 7.39. The molecule has 1 N–H and O–H groups in total. The quantitative estimate of drug-likeness (QED) is 0.679. The molecule has 0 bridgehead atoms. The molecule has 2 amide bonds. The van der Waals surface area contributed by atoms with Crippen molar-refractivity contribution in [3.8, 4) is 5.00 Å². The standard InChI is InChI=1S/C23H25N3O3S/c1-16-3-4-17(2)26(16)23-20(9-14-30-23)22(28)24-19-7-5-18(6-8-19)15-21(27)25-10-12-29-13-11-25/h3-9,14H,10-13,15H2,1-2H3,(H,24,28). The van der Waals surface area contributed by atoms with Gasteiger partial charge in [0.25, 0.3) is 5.91 Å². The maximum Gasteiger partial charge on any atom is 0.258 e. The topological polar surface area (TPSA) is 63.6 Å². The van der Waals surface area contributed by atoms with Crippen molar-refractivity contribution in [3.05, 3.63) is 70.4 Å². The lowest BCUT2D eigenvalue weighted by Gasteiger charge is -2.26. The van der Waals surface area contributed by atoms with Crippen molar-refractivity contribution < 1.29 is 14.3 Å². The van der Waals surface area contributed by atoms with Crippen LogP contribution in [0.3, 0.4) is 0 Å². The Morgan fingerprint density at radius 2 is 1.67 bits per heavy atom. The predicted molar refractivity (Wildman–Crippen MR) is 119 cm³/mol. The summed E-state index contributed by atoms with van der Waals surface area (Å²) in [6.07, 6.45) is 0.356. The summed E-state index contributed by atoms with van der Waals surface area (Å²) in [6, 6.07) is 13.4. The van der Waals surface area contributed by atoms with Crippen molar-refractivity contribution in [3.63, 3.8) is 0 Å². The molecule has 3 aromatic rings. The van der Waals surface area contributed by atoms with Gasteiger partial charge in [0.2, 0.25) is 5.91 Å².